The van der Waals surface area contributed by atoms with Crippen molar-refractivity contribution in [1.82, 2.24) is 10.3 Å². The number of pyridine rings is 1. The highest BCUT2D eigenvalue weighted by Crippen LogP contribution is 2.11. The highest BCUT2D eigenvalue weighted by atomic mass is 35.5. The van der Waals surface area contributed by atoms with Crippen LogP contribution in [-0.4, -0.2) is 12.0 Å². The molecule has 0 aliphatic heterocycles. The SMILES string of the molecule is CN[C@H](C)c1cccc(Cl)n1. The van der Waals surface area contributed by atoms with Crippen LogP contribution < -0.4 is 5.32 Å². The number of nitrogens with zero attached hydrogens (tertiary/aromatic N) is 1. The highest BCUT2D eigenvalue weighted by molar-refractivity contribution is 6.29. The number of aromatic nitrogens is 1. The predicted molar refractivity (Wildman–Crippen MR) is 46.7 cm³/mol. The Bertz CT molecular complexity index is 237. The van der Waals surface area contributed by atoms with Gasteiger partial charge in [-0.1, -0.05) is 17.7 Å². The minimum atomic E-state index is 0.258. The van der Waals surface area contributed by atoms with E-state index < -0.39 is 0 Å². The number of hydrogen-bond acceptors (Lipinski definition) is 2. The zero-order chi connectivity index (χ0) is 8.27. The third-order valence-corrected chi connectivity index (χ3v) is 1.82. The summed E-state index contributed by atoms with van der Waals surface area (Å²) >= 11 is 5.71. The summed E-state index contributed by atoms with van der Waals surface area (Å²) in [6.45, 7) is 2.04. The van der Waals surface area contributed by atoms with Crippen LogP contribution in [0.25, 0.3) is 0 Å². The van der Waals surface area contributed by atoms with Crippen molar-refractivity contribution >= 4 is 11.6 Å². The molecule has 0 unspecified atom stereocenters. The summed E-state index contributed by atoms with van der Waals surface area (Å²) in [6.07, 6.45) is 0. The molecule has 1 atom stereocenters. The molecule has 60 valence electrons. The predicted octanol–water partition coefficient (Wildman–Crippen LogP) is 2.02. The topological polar surface area (TPSA) is 24.9 Å². The van der Waals surface area contributed by atoms with E-state index in [1.54, 1.807) is 6.07 Å². The molecule has 0 bridgehead atoms. The lowest BCUT2D eigenvalue weighted by atomic mass is 10.2. The van der Waals surface area contributed by atoms with Gasteiger partial charge in [0.1, 0.15) is 5.15 Å². The molecule has 1 rings (SSSR count). The Morgan fingerprint density at radius 1 is 1.55 bits per heavy atom. The molecule has 1 aromatic heterocycles. The molecular weight excluding hydrogens is 160 g/mol. The van der Waals surface area contributed by atoms with E-state index in [0.717, 1.165) is 5.69 Å². The van der Waals surface area contributed by atoms with Crippen LogP contribution in [-0.2, 0) is 0 Å². The maximum Gasteiger partial charge on any atom is 0.129 e. The van der Waals surface area contributed by atoms with Gasteiger partial charge in [0, 0.05) is 6.04 Å². The van der Waals surface area contributed by atoms with Crippen molar-refractivity contribution in [3.05, 3.63) is 29.0 Å². The van der Waals surface area contributed by atoms with Gasteiger partial charge >= 0.3 is 0 Å². The Morgan fingerprint density at radius 2 is 2.27 bits per heavy atom. The Labute approximate surface area is 71.6 Å². The van der Waals surface area contributed by atoms with Crippen molar-refractivity contribution in [3.63, 3.8) is 0 Å². The average Bonchev–Trinajstić information content (AvgIpc) is 2.03. The van der Waals surface area contributed by atoms with Crippen LogP contribution in [0, 0.1) is 0 Å². The summed E-state index contributed by atoms with van der Waals surface area (Å²) in [5.74, 6) is 0. The molecule has 0 fully saturated rings. The molecule has 0 aromatic carbocycles. The number of rotatable bonds is 2. The van der Waals surface area contributed by atoms with Gasteiger partial charge in [-0.15, -0.1) is 0 Å². The smallest absolute Gasteiger partial charge is 0.129 e. The summed E-state index contributed by atoms with van der Waals surface area (Å²) in [4.78, 5) is 4.15. The van der Waals surface area contributed by atoms with Gasteiger partial charge in [-0.25, -0.2) is 4.98 Å². The lowest BCUT2D eigenvalue weighted by Gasteiger charge is -2.08. The summed E-state index contributed by atoms with van der Waals surface area (Å²) in [5.41, 5.74) is 0.972. The first-order chi connectivity index (χ1) is 5.24. The second-order valence-corrected chi connectivity index (χ2v) is 2.78. The van der Waals surface area contributed by atoms with Crippen molar-refractivity contribution in [2.24, 2.45) is 0 Å². The zero-order valence-corrected chi connectivity index (χ0v) is 7.39. The van der Waals surface area contributed by atoms with E-state index in [9.17, 15) is 0 Å². The molecule has 0 saturated heterocycles. The Balaban J connectivity index is 2.86. The maximum absolute atomic E-state index is 5.71. The monoisotopic (exact) mass is 170 g/mol. The second-order valence-electron chi connectivity index (χ2n) is 2.40. The van der Waals surface area contributed by atoms with Crippen LogP contribution in [0.4, 0.5) is 0 Å². The van der Waals surface area contributed by atoms with E-state index in [2.05, 4.69) is 10.3 Å². The molecule has 0 aliphatic rings. The maximum atomic E-state index is 5.71. The van der Waals surface area contributed by atoms with Crippen molar-refractivity contribution in [1.29, 1.82) is 0 Å². The first-order valence-corrected chi connectivity index (χ1v) is 3.91. The normalized spacial score (nSPS) is 13.0. The Morgan fingerprint density at radius 3 is 2.82 bits per heavy atom. The van der Waals surface area contributed by atoms with Gasteiger partial charge < -0.3 is 5.32 Å². The number of nitrogens with one attached hydrogen (secondary N) is 1. The van der Waals surface area contributed by atoms with Crippen molar-refractivity contribution < 1.29 is 0 Å². The van der Waals surface area contributed by atoms with Crippen LogP contribution >= 0.6 is 11.6 Å². The Kier molecular flexibility index (Phi) is 2.85. The van der Waals surface area contributed by atoms with E-state index >= 15 is 0 Å². The van der Waals surface area contributed by atoms with Gasteiger partial charge in [0.2, 0.25) is 0 Å². The van der Waals surface area contributed by atoms with Crippen LogP contribution in [0.3, 0.4) is 0 Å². The standard InChI is InChI=1S/C8H11ClN2/c1-6(10-2)7-4-3-5-8(9)11-7/h3-6,10H,1-2H3/t6-/m1/s1. The Hall–Kier alpha value is -0.600. The molecule has 0 aliphatic carbocycles. The van der Waals surface area contributed by atoms with E-state index in [4.69, 9.17) is 11.6 Å². The van der Waals surface area contributed by atoms with E-state index in [0.29, 0.717) is 5.15 Å². The van der Waals surface area contributed by atoms with Crippen LogP contribution in [0.1, 0.15) is 18.7 Å². The molecule has 0 spiro atoms. The van der Waals surface area contributed by atoms with Crippen LogP contribution in [0.2, 0.25) is 5.15 Å². The van der Waals surface area contributed by atoms with E-state index in [1.807, 2.05) is 26.1 Å². The molecule has 0 saturated carbocycles. The molecule has 11 heavy (non-hydrogen) atoms. The fraction of sp³-hybridized carbons (Fsp3) is 0.375. The van der Waals surface area contributed by atoms with E-state index in [-0.39, 0.29) is 6.04 Å². The summed E-state index contributed by atoms with van der Waals surface area (Å²) in [6, 6.07) is 5.88. The molecule has 0 radical (unpaired) electrons. The lowest BCUT2D eigenvalue weighted by molar-refractivity contribution is 0.633. The van der Waals surface area contributed by atoms with Gasteiger partial charge in [-0.3, -0.25) is 0 Å². The van der Waals surface area contributed by atoms with Gasteiger partial charge in [0.25, 0.3) is 0 Å². The van der Waals surface area contributed by atoms with Crippen LogP contribution in [0.5, 0.6) is 0 Å². The van der Waals surface area contributed by atoms with E-state index in [1.165, 1.54) is 0 Å². The third kappa shape index (κ3) is 2.17. The average molecular weight is 171 g/mol. The van der Waals surface area contributed by atoms with Gasteiger partial charge in [-0.2, -0.15) is 0 Å². The second kappa shape index (κ2) is 3.69. The van der Waals surface area contributed by atoms with Crippen molar-refractivity contribution in [3.8, 4) is 0 Å². The summed E-state index contributed by atoms with van der Waals surface area (Å²) in [5, 5.41) is 3.63. The first-order valence-electron chi connectivity index (χ1n) is 3.53. The minimum Gasteiger partial charge on any atom is -0.312 e. The van der Waals surface area contributed by atoms with Gasteiger partial charge in [0.15, 0.2) is 0 Å². The largest absolute Gasteiger partial charge is 0.312 e. The lowest BCUT2D eigenvalue weighted by Crippen LogP contribution is -2.13. The molecule has 1 N–H and O–H groups in total. The number of hydrogen-bond donors (Lipinski definition) is 1. The fourth-order valence-corrected chi connectivity index (χ4v) is 0.983. The molecule has 1 aromatic rings. The van der Waals surface area contributed by atoms with Gasteiger partial charge in [0.05, 0.1) is 5.69 Å². The fourth-order valence-electron chi connectivity index (χ4n) is 0.813. The summed E-state index contributed by atoms with van der Waals surface area (Å²) < 4.78 is 0. The highest BCUT2D eigenvalue weighted by Gasteiger charge is 2.02. The minimum absolute atomic E-state index is 0.258. The molecule has 2 nitrogen and oxygen atoms in total. The molecule has 1 heterocycles. The molecule has 0 amide bonds. The quantitative estimate of drug-likeness (QED) is 0.687. The number of halogens is 1. The summed E-state index contributed by atoms with van der Waals surface area (Å²) in [7, 11) is 1.90. The van der Waals surface area contributed by atoms with Crippen molar-refractivity contribution in [2.75, 3.05) is 7.05 Å². The first kappa shape index (κ1) is 8.50. The molecular formula is C8H11ClN2. The van der Waals surface area contributed by atoms with Crippen LogP contribution in [0.15, 0.2) is 18.2 Å². The zero-order valence-electron chi connectivity index (χ0n) is 6.63. The van der Waals surface area contributed by atoms with Gasteiger partial charge in [-0.05, 0) is 26.1 Å². The van der Waals surface area contributed by atoms with Crippen molar-refractivity contribution in [2.45, 2.75) is 13.0 Å². The molecule has 3 heteroatoms. The third-order valence-electron chi connectivity index (χ3n) is 1.61.